The van der Waals surface area contributed by atoms with Gasteiger partial charge in [-0.2, -0.15) is 0 Å². The van der Waals surface area contributed by atoms with E-state index in [1.54, 1.807) is 0 Å². The summed E-state index contributed by atoms with van der Waals surface area (Å²) >= 11 is 1.35. The number of nitrogens with zero attached hydrogens (tertiary/aromatic N) is 2. The van der Waals surface area contributed by atoms with Crippen LogP contribution < -0.4 is 10.2 Å². The summed E-state index contributed by atoms with van der Waals surface area (Å²) in [6, 6.07) is -0.385. The molecule has 1 aromatic rings. The van der Waals surface area contributed by atoms with Gasteiger partial charge in [0.25, 0.3) is 5.91 Å². The molecule has 1 N–H and O–H groups in total. The maximum atomic E-state index is 11.3. The van der Waals surface area contributed by atoms with Gasteiger partial charge in [0.1, 0.15) is 0 Å². The molecule has 1 aliphatic heterocycles. The molecule has 0 spiro atoms. The third-order valence-corrected chi connectivity index (χ3v) is 3.11. The molecule has 3 amide bonds. The number of amides is 3. The molecule has 0 atom stereocenters. The molecule has 6 heteroatoms. The number of hydrogen-bond acceptors (Lipinski definition) is 4. The Morgan fingerprint density at radius 3 is 2.57 bits per heavy atom. The van der Waals surface area contributed by atoms with Crippen molar-refractivity contribution in [1.29, 1.82) is 0 Å². The Kier molecular flexibility index (Phi) is 1.99. The zero-order valence-electron chi connectivity index (χ0n) is 7.83. The zero-order valence-corrected chi connectivity index (χ0v) is 8.64. The third-order valence-electron chi connectivity index (χ3n) is 2.05. The molecule has 0 saturated carbocycles. The largest absolute Gasteiger partial charge is 0.331 e. The number of carbonyl (C=O) groups is 2. The number of anilines is 1. The lowest BCUT2D eigenvalue weighted by Gasteiger charge is -2.06. The van der Waals surface area contributed by atoms with E-state index in [1.165, 1.54) is 11.3 Å². The first-order valence-electron chi connectivity index (χ1n) is 4.14. The summed E-state index contributed by atoms with van der Waals surface area (Å²) < 4.78 is 0. The van der Waals surface area contributed by atoms with E-state index in [0.717, 1.165) is 15.5 Å². The second-order valence-corrected chi connectivity index (χ2v) is 4.21. The molecule has 2 rings (SSSR count). The average molecular weight is 211 g/mol. The fourth-order valence-corrected chi connectivity index (χ4v) is 2.09. The van der Waals surface area contributed by atoms with Crippen molar-refractivity contribution in [3.05, 3.63) is 10.6 Å². The quantitative estimate of drug-likeness (QED) is 0.699. The van der Waals surface area contributed by atoms with Crippen molar-refractivity contribution >= 4 is 28.4 Å². The van der Waals surface area contributed by atoms with Gasteiger partial charge in [-0.15, -0.1) is 11.3 Å². The first-order chi connectivity index (χ1) is 6.59. The first-order valence-corrected chi connectivity index (χ1v) is 4.96. The highest BCUT2D eigenvalue weighted by Crippen LogP contribution is 2.26. The highest BCUT2D eigenvalue weighted by molar-refractivity contribution is 7.16. The van der Waals surface area contributed by atoms with Crippen molar-refractivity contribution in [2.24, 2.45) is 0 Å². The normalized spacial score (nSPS) is 16.3. The Bertz CT molecular complexity index is 377. The van der Waals surface area contributed by atoms with Gasteiger partial charge < -0.3 is 5.32 Å². The predicted octanol–water partition coefficient (Wildman–Crippen LogP) is 0.816. The fraction of sp³-hybridized carbons (Fsp3) is 0.375. The molecule has 2 heterocycles. The van der Waals surface area contributed by atoms with E-state index in [1.807, 2.05) is 13.8 Å². The molecule has 14 heavy (non-hydrogen) atoms. The summed E-state index contributed by atoms with van der Waals surface area (Å²) in [6.07, 6.45) is 0. The van der Waals surface area contributed by atoms with Gasteiger partial charge in [-0.3, -0.25) is 4.79 Å². The van der Waals surface area contributed by atoms with Crippen molar-refractivity contribution in [3.8, 4) is 0 Å². The first kappa shape index (κ1) is 9.14. The van der Waals surface area contributed by atoms with E-state index >= 15 is 0 Å². The number of rotatable bonds is 1. The Labute approximate surface area is 84.7 Å². The highest BCUT2D eigenvalue weighted by atomic mass is 32.1. The SMILES string of the molecule is Cc1nc(N2C(=O)CNC2=O)sc1C. The summed E-state index contributed by atoms with van der Waals surface area (Å²) in [5.74, 6) is -0.247. The fourth-order valence-electron chi connectivity index (χ4n) is 1.17. The number of aromatic nitrogens is 1. The minimum absolute atomic E-state index is 0.0660. The van der Waals surface area contributed by atoms with E-state index in [4.69, 9.17) is 0 Å². The molecule has 1 saturated heterocycles. The van der Waals surface area contributed by atoms with Crippen LogP contribution >= 0.6 is 11.3 Å². The maximum absolute atomic E-state index is 11.3. The van der Waals surface area contributed by atoms with Crippen LogP contribution in [0.3, 0.4) is 0 Å². The van der Waals surface area contributed by atoms with Crippen molar-refractivity contribution in [3.63, 3.8) is 0 Å². The van der Waals surface area contributed by atoms with E-state index < -0.39 is 0 Å². The monoisotopic (exact) mass is 211 g/mol. The molecule has 0 aromatic carbocycles. The van der Waals surface area contributed by atoms with Crippen molar-refractivity contribution < 1.29 is 9.59 Å². The topological polar surface area (TPSA) is 62.3 Å². The zero-order chi connectivity index (χ0) is 10.3. The number of imide groups is 1. The van der Waals surface area contributed by atoms with Crippen molar-refractivity contribution in [2.75, 3.05) is 11.4 Å². The Hall–Kier alpha value is -1.43. The summed E-state index contributed by atoms with van der Waals surface area (Å²) in [4.78, 5) is 28.8. The number of aryl methyl sites for hydroxylation is 2. The molecular formula is C8H9N3O2S. The van der Waals surface area contributed by atoms with E-state index in [9.17, 15) is 9.59 Å². The van der Waals surface area contributed by atoms with Gasteiger partial charge in [-0.1, -0.05) is 0 Å². The minimum atomic E-state index is -0.385. The number of nitrogens with one attached hydrogen (secondary N) is 1. The Balaban J connectivity index is 2.39. The molecule has 1 aromatic heterocycles. The van der Waals surface area contributed by atoms with Crippen LogP contribution in [0.15, 0.2) is 0 Å². The van der Waals surface area contributed by atoms with Crippen LogP contribution in [0.4, 0.5) is 9.93 Å². The van der Waals surface area contributed by atoms with Gasteiger partial charge in [0.05, 0.1) is 12.2 Å². The van der Waals surface area contributed by atoms with Crippen LogP contribution in [0.25, 0.3) is 0 Å². The molecule has 0 radical (unpaired) electrons. The van der Waals surface area contributed by atoms with Gasteiger partial charge in [0.2, 0.25) is 5.13 Å². The number of urea groups is 1. The van der Waals surface area contributed by atoms with Crippen LogP contribution in [0.2, 0.25) is 0 Å². The van der Waals surface area contributed by atoms with Crippen molar-refractivity contribution in [1.82, 2.24) is 10.3 Å². The van der Waals surface area contributed by atoms with E-state index in [-0.39, 0.29) is 18.5 Å². The van der Waals surface area contributed by atoms with Gasteiger partial charge in [0, 0.05) is 4.88 Å². The molecule has 74 valence electrons. The third kappa shape index (κ3) is 1.27. The van der Waals surface area contributed by atoms with Gasteiger partial charge in [-0.05, 0) is 13.8 Å². The number of carbonyl (C=O) groups excluding carboxylic acids is 2. The lowest BCUT2D eigenvalue weighted by molar-refractivity contribution is -0.115. The lowest BCUT2D eigenvalue weighted by atomic mass is 10.4. The average Bonchev–Trinajstić information content (AvgIpc) is 2.59. The van der Waals surface area contributed by atoms with Crippen molar-refractivity contribution in [2.45, 2.75) is 13.8 Å². The molecule has 0 aliphatic carbocycles. The van der Waals surface area contributed by atoms with Crippen LogP contribution in [0, 0.1) is 13.8 Å². The van der Waals surface area contributed by atoms with E-state index in [2.05, 4.69) is 10.3 Å². The maximum Gasteiger partial charge on any atom is 0.331 e. The molecule has 0 unspecified atom stereocenters. The summed E-state index contributed by atoms with van der Waals surface area (Å²) in [5.41, 5.74) is 0.859. The van der Waals surface area contributed by atoms with Gasteiger partial charge >= 0.3 is 6.03 Å². The van der Waals surface area contributed by atoms with Gasteiger partial charge in [0.15, 0.2) is 0 Å². The molecule has 1 aliphatic rings. The number of thiazole rings is 1. The van der Waals surface area contributed by atoms with Crippen LogP contribution in [0.5, 0.6) is 0 Å². The second kappa shape index (κ2) is 3.06. The molecule has 0 bridgehead atoms. The van der Waals surface area contributed by atoms with E-state index in [0.29, 0.717) is 5.13 Å². The Morgan fingerprint density at radius 2 is 2.14 bits per heavy atom. The minimum Gasteiger partial charge on any atom is -0.328 e. The second-order valence-electron chi connectivity index (χ2n) is 3.03. The summed E-state index contributed by atoms with van der Waals surface area (Å²) in [5, 5.41) is 2.91. The standard InChI is InChI=1S/C8H9N3O2S/c1-4-5(2)14-8(10-4)11-6(12)3-9-7(11)13/h3H2,1-2H3,(H,9,13). The summed E-state index contributed by atoms with van der Waals surface area (Å²) in [6.45, 7) is 3.83. The van der Waals surface area contributed by atoms with Crippen LogP contribution in [-0.2, 0) is 4.79 Å². The predicted molar refractivity (Wildman–Crippen MR) is 52.5 cm³/mol. The van der Waals surface area contributed by atoms with Crippen LogP contribution in [-0.4, -0.2) is 23.5 Å². The molecule has 1 fully saturated rings. The van der Waals surface area contributed by atoms with Gasteiger partial charge in [-0.25, -0.2) is 14.7 Å². The smallest absolute Gasteiger partial charge is 0.328 e. The Morgan fingerprint density at radius 1 is 1.43 bits per heavy atom. The summed E-state index contributed by atoms with van der Waals surface area (Å²) in [7, 11) is 0. The van der Waals surface area contributed by atoms with Crippen LogP contribution in [0.1, 0.15) is 10.6 Å². The molecular weight excluding hydrogens is 202 g/mol. The highest BCUT2D eigenvalue weighted by Gasteiger charge is 2.32. The lowest BCUT2D eigenvalue weighted by Crippen LogP contribution is -2.30. The number of hydrogen-bond donors (Lipinski definition) is 1. The molecule has 5 nitrogen and oxygen atoms in total.